The van der Waals surface area contributed by atoms with E-state index in [9.17, 15) is 0 Å². The molecule has 3 heterocycles. The number of furan rings is 1. The van der Waals surface area contributed by atoms with Crippen molar-refractivity contribution in [2.75, 3.05) is 5.01 Å². The maximum Gasteiger partial charge on any atom is 0.137 e. The van der Waals surface area contributed by atoms with Crippen LogP contribution in [0.25, 0.3) is 45.3 Å². The van der Waals surface area contributed by atoms with Crippen molar-refractivity contribution in [1.82, 2.24) is 4.57 Å². The average molecular weight is 444 g/mol. The maximum atomic E-state index is 6.66. The fraction of sp³-hybridized carbons (Fsp3) is 0.200. The Bertz CT molecular complexity index is 1660. The summed E-state index contributed by atoms with van der Waals surface area (Å²) in [4.78, 5) is 0. The Balaban J connectivity index is 1.45. The van der Waals surface area contributed by atoms with Gasteiger partial charge in [-0.3, -0.25) is 0 Å². The molecule has 1 unspecified atom stereocenters. The number of fused-ring (bicyclic) bond motifs is 9. The van der Waals surface area contributed by atoms with Crippen molar-refractivity contribution in [3.8, 4) is 0 Å². The molecule has 3 aliphatic carbocycles. The monoisotopic (exact) mass is 443 g/mol. The zero-order chi connectivity index (χ0) is 22.4. The van der Waals surface area contributed by atoms with Crippen molar-refractivity contribution in [2.45, 2.75) is 38.1 Å². The van der Waals surface area contributed by atoms with Crippen LogP contribution in [0.15, 0.2) is 65.1 Å². The van der Waals surface area contributed by atoms with Gasteiger partial charge in [-0.1, -0.05) is 36.4 Å². The minimum Gasteiger partial charge on any atom is -0.456 e. The average Bonchev–Trinajstić information content (AvgIpc) is 3.50. The standard InChI is InChI=1S/C30H25N3O/c31-33-25-12-6-4-10-19(25)22-15-26-23(16-28(22)33)21-14-24-20-11-5-7-13-29(20)34-30(24)17-27(21)32(26)18-8-2-1-3-9-18/h1-2,4,6-8,10,12-15,17,28H,3,5,9,11,16,31H2. The summed E-state index contributed by atoms with van der Waals surface area (Å²) >= 11 is 0. The molecule has 2 aromatic heterocycles. The molecule has 0 saturated heterocycles. The van der Waals surface area contributed by atoms with Crippen LogP contribution in [0.5, 0.6) is 0 Å². The van der Waals surface area contributed by atoms with Crippen molar-refractivity contribution in [1.29, 1.82) is 0 Å². The summed E-state index contributed by atoms with van der Waals surface area (Å²) in [6, 6.07) is 13.4. The lowest BCUT2D eigenvalue weighted by Gasteiger charge is -2.26. The highest BCUT2D eigenvalue weighted by Gasteiger charge is 2.37. The second-order valence-corrected chi connectivity index (χ2v) is 9.82. The number of anilines is 1. The molecule has 1 atom stereocenters. The largest absolute Gasteiger partial charge is 0.456 e. The molecule has 4 nitrogen and oxygen atoms in total. The highest BCUT2D eigenvalue weighted by atomic mass is 16.3. The first-order valence-electron chi connectivity index (χ1n) is 12.3. The molecule has 0 bridgehead atoms. The fourth-order valence-corrected chi connectivity index (χ4v) is 6.46. The van der Waals surface area contributed by atoms with E-state index < -0.39 is 0 Å². The van der Waals surface area contributed by atoms with E-state index in [4.69, 9.17) is 10.3 Å². The number of nitrogens with zero attached hydrogens (tertiary/aromatic N) is 2. The first kappa shape index (κ1) is 18.6. The van der Waals surface area contributed by atoms with E-state index in [1.807, 2.05) is 5.01 Å². The molecule has 166 valence electrons. The normalized spacial score (nSPS) is 20.3. The molecule has 34 heavy (non-hydrogen) atoms. The van der Waals surface area contributed by atoms with Crippen LogP contribution in [0.2, 0.25) is 0 Å². The number of hydrogen-bond acceptors (Lipinski definition) is 3. The molecule has 0 radical (unpaired) electrons. The number of nitrogens with two attached hydrogens (primary N) is 1. The van der Waals surface area contributed by atoms with Crippen LogP contribution >= 0.6 is 0 Å². The highest BCUT2D eigenvalue weighted by molar-refractivity contribution is 6.06. The number of benzene rings is 2. The van der Waals surface area contributed by atoms with E-state index in [1.165, 1.54) is 49.9 Å². The van der Waals surface area contributed by atoms with E-state index >= 15 is 0 Å². The zero-order valence-electron chi connectivity index (χ0n) is 18.9. The number of rotatable bonds is 1. The van der Waals surface area contributed by atoms with Crippen molar-refractivity contribution in [2.24, 2.45) is 5.84 Å². The second kappa shape index (κ2) is 6.64. The Morgan fingerprint density at radius 3 is 2.79 bits per heavy atom. The van der Waals surface area contributed by atoms with Crippen molar-refractivity contribution < 1.29 is 4.42 Å². The molecular weight excluding hydrogens is 418 g/mol. The van der Waals surface area contributed by atoms with Crippen LogP contribution in [0.4, 0.5) is 5.69 Å². The van der Waals surface area contributed by atoms with E-state index in [0.717, 1.165) is 49.1 Å². The number of aryl methyl sites for hydroxylation is 1. The molecule has 0 saturated carbocycles. The number of para-hydroxylation sites is 1. The van der Waals surface area contributed by atoms with Crippen LogP contribution in [-0.4, -0.2) is 10.6 Å². The molecule has 4 heteroatoms. The van der Waals surface area contributed by atoms with E-state index in [0.29, 0.717) is 0 Å². The van der Waals surface area contributed by atoms with Gasteiger partial charge in [0.2, 0.25) is 0 Å². The summed E-state index contributed by atoms with van der Waals surface area (Å²) < 4.78 is 8.82. The van der Waals surface area contributed by atoms with Gasteiger partial charge in [0.1, 0.15) is 11.3 Å². The van der Waals surface area contributed by atoms with Crippen LogP contribution in [0, 0.1) is 0 Å². The molecular formula is C30H25N3O. The molecule has 0 spiro atoms. The minimum absolute atomic E-state index is 0.168. The van der Waals surface area contributed by atoms with Gasteiger partial charge in [0.25, 0.3) is 0 Å². The topological polar surface area (TPSA) is 47.3 Å². The fourth-order valence-electron chi connectivity index (χ4n) is 6.46. The summed E-state index contributed by atoms with van der Waals surface area (Å²) in [6.45, 7) is 0. The van der Waals surface area contributed by atoms with Gasteiger partial charge < -0.3 is 14.0 Å². The number of aromatic nitrogens is 1. The predicted octanol–water partition coefficient (Wildman–Crippen LogP) is 6.70. The first-order chi connectivity index (χ1) is 16.8. The van der Waals surface area contributed by atoms with E-state index in [1.54, 1.807) is 0 Å². The Hall–Kier alpha value is -3.76. The third kappa shape index (κ3) is 2.36. The lowest BCUT2D eigenvalue weighted by Crippen LogP contribution is -2.40. The van der Waals surface area contributed by atoms with E-state index in [2.05, 4.69) is 77.4 Å². The van der Waals surface area contributed by atoms with Gasteiger partial charge in [-0.15, -0.1) is 0 Å². The summed E-state index contributed by atoms with van der Waals surface area (Å²) in [5.41, 5.74) is 11.3. The zero-order valence-corrected chi connectivity index (χ0v) is 18.9. The molecule has 0 fully saturated rings. The molecule has 8 rings (SSSR count). The van der Waals surface area contributed by atoms with Crippen molar-refractivity contribution in [3.05, 3.63) is 88.8 Å². The van der Waals surface area contributed by atoms with Crippen LogP contribution < -0.4 is 10.9 Å². The lowest BCUT2D eigenvalue weighted by atomic mass is 9.89. The highest BCUT2D eigenvalue weighted by Crippen LogP contribution is 2.47. The SMILES string of the molecule is NN1c2ccccc2C2=Cc3c(c4cc5c6c(oc5cc4n3C3=CC=CCC3)C=CCC6)CC21. The molecule has 4 aliphatic rings. The number of allylic oxidation sites excluding steroid dienone is 5. The Morgan fingerprint density at radius 1 is 0.971 bits per heavy atom. The van der Waals surface area contributed by atoms with Gasteiger partial charge in [-0.2, -0.15) is 0 Å². The summed E-state index contributed by atoms with van der Waals surface area (Å²) in [7, 11) is 0. The Labute approximate surface area is 197 Å². The minimum atomic E-state index is 0.168. The van der Waals surface area contributed by atoms with E-state index in [-0.39, 0.29) is 6.04 Å². The maximum absolute atomic E-state index is 6.66. The van der Waals surface area contributed by atoms with Crippen molar-refractivity contribution >= 4 is 51.0 Å². The van der Waals surface area contributed by atoms with Gasteiger partial charge in [0, 0.05) is 40.1 Å². The van der Waals surface area contributed by atoms with Crippen molar-refractivity contribution in [3.63, 3.8) is 0 Å². The van der Waals surface area contributed by atoms with Gasteiger partial charge >= 0.3 is 0 Å². The molecule has 4 aromatic rings. The predicted molar refractivity (Wildman–Crippen MR) is 140 cm³/mol. The van der Waals surface area contributed by atoms with Crippen LogP contribution in [0.3, 0.4) is 0 Å². The summed E-state index contributed by atoms with van der Waals surface area (Å²) in [6.07, 6.45) is 18.6. The molecule has 2 aromatic carbocycles. The third-order valence-electron chi connectivity index (χ3n) is 8.04. The van der Waals surface area contributed by atoms with Gasteiger partial charge in [-0.25, -0.2) is 5.84 Å². The van der Waals surface area contributed by atoms with Gasteiger partial charge in [-0.05, 0) is 67.2 Å². The molecule has 0 amide bonds. The molecule has 2 N–H and O–H groups in total. The third-order valence-corrected chi connectivity index (χ3v) is 8.04. The van der Waals surface area contributed by atoms with Crippen LogP contribution in [0.1, 0.15) is 47.4 Å². The lowest BCUT2D eigenvalue weighted by molar-refractivity contribution is 0.595. The quantitative estimate of drug-likeness (QED) is 0.333. The second-order valence-electron chi connectivity index (χ2n) is 9.82. The van der Waals surface area contributed by atoms with Crippen LogP contribution in [-0.2, 0) is 12.8 Å². The van der Waals surface area contributed by atoms with Gasteiger partial charge in [0.05, 0.1) is 22.9 Å². The first-order valence-corrected chi connectivity index (χ1v) is 12.3. The van der Waals surface area contributed by atoms with Gasteiger partial charge in [0.15, 0.2) is 0 Å². The smallest absolute Gasteiger partial charge is 0.137 e. The Morgan fingerprint density at radius 2 is 1.88 bits per heavy atom. The number of hydrogen-bond donors (Lipinski definition) is 1. The molecule has 1 aliphatic heterocycles. The summed E-state index contributed by atoms with van der Waals surface area (Å²) in [5.74, 6) is 7.68. The summed E-state index contributed by atoms with van der Waals surface area (Å²) in [5, 5.41) is 4.56. The number of hydrazine groups is 1. The Kier molecular flexibility index (Phi) is 3.64.